The van der Waals surface area contributed by atoms with E-state index in [1.54, 1.807) is 0 Å². The van der Waals surface area contributed by atoms with Gasteiger partial charge >= 0.3 is 11.9 Å². The molecule has 0 saturated heterocycles. The van der Waals surface area contributed by atoms with Gasteiger partial charge < -0.3 is 15.1 Å². The van der Waals surface area contributed by atoms with E-state index >= 15 is 0 Å². The monoisotopic (exact) mass is 356 g/mol. The number of hydrogen-bond acceptors (Lipinski definition) is 3. The highest BCUT2D eigenvalue weighted by molar-refractivity contribution is 7.39. The van der Waals surface area contributed by atoms with E-state index in [1.165, 1.54) is 6.92 Å². The predicted octanol–water partition coefficient (Wildman–Crippen LogP) is 3.36. The molecule has 0 aliphatic carbocycles. The molecule has 3 N–H and O–H groups in total. The molecule has 0 saturated carbocycles. The van der Waals surface area contributed by atoms with Crippen molar-refractivity contribution in [3.63, 3.8) is 0 Å². The smallest absolute Gasteiger partial charge is 0.310 e. The van der Waals surface area contributed by atoms with Gasteiger partial charge in [0, 0.05) is 0 Å². The van der Waals surface area contributed by atoms with Crippen molar-refractivity contribution < 1.29 is 29.3 Å². The van der Waals surface area contributed by atoms with Crippen LogP contribution < -0.4 is 0 Å². The van der Waals surface area contributed by atoms with E-state index in [4.69, 9.17) is 5.11 Å². The SMILES string of the molecule is CCC(CCC(C)(C(=O)O)C(CC(=O)O)[PH](=O)O)c1ccccc1. The number of hydrogen-bond donors (Lipinski definition) is 3. The summed E-state index contributed by atoms with van der Waals surface area (Å²) >= 11 is 0. The van der Waals surface area contributed by atoms with Crippen LogP contribution in [-0.4, -0.2) is 32.7 Å². The first-order valence-electron chi connectivity index (χ1n) is 7.95. The van der Waals surface area contributed by atoms with E-state index in [9.17, 15) is 24.2 Å². The van der Waals surface area contributed by atoms with Crippen LogP contribution in [0.3, 0.4) is 0 Å². The molecule has 1 aromatic carbocycles. The summed E-state index contributed by atoms with van der Waals surface area (Å²) in [6.45, 7) is 3.37. The van der Waals surface area contributed by atoms with Crippen molar-refractivity contribution in [3.05, 3.63) is 35.9 Å². The first kappa shape index (κ1) is 20.4. The van der Waals surface area contributed by atoms with Crippen molar-refractivity contribution in [1.29, 1.82) is 0 Å². The molecule has 1 aromatic rings. The Kier molecular flexibility index (Phi) is 7.64. The van der Waals surface area contributed by atoms with Gasteiger partial charge in [0.2, 0.25) is 0 Å². The lowest BCUT2D eigenvalue weighted by Crippen LogP contribution is -2.39. The lowest BCUT2D eigenvalue weighted by atomic mass is 9.77. The number of carboxylic acids is 2. The highest BCUT2D eigenvalue weighted by atomic mass is 31.1. The highest BCUT2D eigenvalue weighted by Gasteiger charge is 2.45. The molecule has 4 unspecified atom stereocenters. The summed E-state index contributed by atoms with van der Waals surface area (Å²) < 4.78 is 11.6. The molecule has 0 heterocycles. The summed E-state index contributed by atoms with van der Waals surface area (Å²) in [5.74, 6) is -2.38. The molecule has 0 aliphatic heterocycles. The maximum Gasteiger partial charge on any atom is 0.310 e. The zero-order valence-electron chi connectivity index (χ0n) is 13.9. The van der Waals surface area contributed by atoms with Gasteiger partial charge in [-0.15, -0.1) is 0 Å². The Bertz CT molecular complexity index is 588. The van der Waals surface area contributed by atoms with Gasteiger partial charge in [-0.3, -0.25) is 14.2 Å². The van der Waals surface area contributed by atoms with Crippen LogP contribution in [0.25, 0.3) is 0 Å². The Morgan fingerprint density at radius 2 is 1.79 bits per heavy atom. The average molecular weight is 356 g/mol. The van der Waals surface area contributed by atoms with Gasteiger partial charge in [-0.05, 0) is 37.7 Å². The second-order valence-electron chi connectivity index (χ2n) is 6.27. The van der Waals surface area contributed by atoms with Gasteiger partial charge in [-0.1, -0.05) is 37.3 Å². The maximum absolute atomic E-state index is 11.8. The van der Waals surface area contributed by atoms with Crippen molar-refractivity contribution in [2.45, 2.75) is 51.1 Å². The highest BCUT2D eigenvalue weighted by Crippen LogP contribution is 2.45. The van der Waals surface area contributed by atoms with Crippen molar-refractivity contribution in [2.75, 3.05) is 0 Å². The summed E-state index contributed by atoms with van der Waals surface area (Å²) in [5.41, 5.74) is -1.75. The topological polar surface area (TPSA) is 112 Å². The second-order valence-corrected chi connectivity index (χ2v) is 7.64. The Labute approximate surface area is 142 Å². The van der Waals surface area contributed by atoms with Crippen LogP contribution in [0.2, 0.25) is 0 Å². The van der Waals surface area contributed by atoms with E-state index in [-0.39, 0.29) is 12.3 Å². The number of benzene rings is 1. The van der Waals surface area contributed by atoms with Gasteiger partial charge in [0.05, 0.1) is 17.5 Å². The predicted molar refractivity (Wildman–Crippen MR) is 91.7 cm³/mol. The second kappa shape index (κ2) is 9.00. The summed E-state index contributed by atoms with van der Waals surface area (Å²) in [5, 5.41) is 18.5. The third-order valence-electron chi connectivity index (χ3n) is 4.71. The molecule has 0 aliphatic rings. The van der Waals surface area contributed by atoms with E-state index in [2.05, 4.69) is 0 Å². The van der Waals surface area contributed by atoms with Gasteiger partial charge in [0.15, 0.2) is 8.03 Å². The van der Waals surface area contributed by atoms with E-state index in [1.807, 2.05) is 37.3 Å². The molecule has 24 heavy (non-hydrogen) atoms. The summed E-state index contributed by atoms with van der Waals surface area (Å²) in [6, 6.07) is 9.66. The molecule has 7 heteroatoms. The van der Waals surface area contributed by atoms with E-state index in [0.29, 0.717) is 6.42 Å². The van der Waals surface area contributed by atoms with Crippen LogP contribution in [0, 0.1) is 5.41 Å². The lowest BCUT2D eigenvalue weighted by Gasteiger charge is -2.32. The minimum absolute atomic E-state index is 0.122. The van der Waals surface area contributed by atoms with E-state index < -0.39 is 37.5 Å². The summed E-state index contributed by atoms with van der Waals surface area (Å²) in [4.78, 5) is 32.2. The fourth-order valence-electron chi connectivity index (χ4n) is 3.00. The molecule has 0 fully saturated rings. The van der Waals surface area contributed by atoms with Gasteiger partial charge in [0.1, 0.15) is 0 Å². The molecule has 6 nitrogen and oxygen atoms in total. The van der Waals surface area contributed by atoms with Crippen LogP contribution >= 0.6 is 8.03 Å². The number of rotatable bonds is 10. The third kappa shape index (κ3) is 5.18. The fraction of sp³-hybridized carbons (Fsp3) is 0.529. The molecule has 0 aromatic heterocycles. The zero-order chi connectivity index (χ0) is 18.3. The third-order valence-corrected chi connectivity index (χ3v) is 6.15. The Hall–Kier alpha value is -1.65. The van der Waals surface area contributed by atoms with Crippen LogP contribution in [0.4, 0.5) is 0 Å². The molecule has 134 valence electrons. The molecule has 1 rings (SSSR count). The molecular formula is C17H25O6P. The Morgan fingerprint density at radius 1 is 1.21 bits per heavy atom. The Balaban J connectivity index is 3.00. The largest absolute Gasteiger partial charge is 0.481 e. The molecule has 0 spiro atoms. The average Bonchev–Trinajstić information content (AvgIpc) is 2.53. The molecule has 0 radical (unpaired) electrons. The molecule has 0 bridgehead atoms. The van der Waals surface area contributed by atoms with E-state index in [0.717, 1.165) is 12.0 Å². The maximum atomic E-state index is 11.8. The summed E-state index contributed by atoms with van der Waals surface area (Å²) in [6.07, 6.45) is 0.829. The first-order chi connectivity index (χ1) is 11.2. The van der Waals surface area contributed by atoms with Crippen LogP contribution in [0.15, 0.2) is 30.3 Å². The van der Waals surface area contributed by atoms with Gasteiger partial charge in [-0.25, -0.2) is 0 Å². The van der Waals surface area contributed by atoms with Crippen molar-refractivity contribution in [1.82, 2.24) is 0 Å². The summed E-state index contributed by atoms with van der Waals surface area (Å²) in [7, 11) is -3.30. The number of carbonyl (C=O) groups is 2. The standard InChI is InChI=1S/C17H25O6P/c1-3-12(13-7-5-4-6-8-13)9-10-17(2,16(20)21)14(24(22)23)11-15(18)19/h4-8,12,14,24H,3,9-11H2,1-2H3,(H,18,19)(H,20,21)(H,22,23). The van der Waals surface area contributed by atoms with Crippen molar-refractivity contribution in [3.8, 4) is 0 Å². The molecular weight excluding hydrogens is 331 g/mol. The quantitative estimate of drug-likeness (QED) is 0.554. The fourth-order valence-corrected chi connectivity index (χ4v) is 4.16. The van der Waals surface area contributed by atoms with Crippen molar-refractivity contribution in [2.24, 2.45) is 5.41 Å². The van der Waals surface area contributed by atoms with Crippen LogP contribution in [-0.2, 0) is 14.2 Å². The minimum atomic E-state index is -3.30. The molecule has 0 amide bonds. The number of aliphatic carboxylic acids is 2. The molecule has 4 atom stereocenters. The van der Waals surface area contributed by atoms with Crippen LogP contribution in [0.1, 0.15) is 51.0 Å². The van der Waals surface area contributed by atoms with Gasteiger partial charge in [-0.2, -0.15) is 0 Å². The first-order valence-corrected chi connectivity index (χ1v) is 9.38. The van der Waals surface area contributed by atoms with Crippen molar-refractivity contribution >= 4 is 20.0 Å². The number of carboxylic acid groups (broad SMARTS) is 2. The minimum Gasteiger partial charge on any atom is -0.481 e. The lowest BCUT2D eigenvalue weighted by molar-refractivity contribution is -0.149. The Morgan fingerprint density at radius 3 is 2.21 bits per heavy atom. The van der Waals surface area contributed by atoms with Crippen LogP contribution in [0.5, 0.6) is 0 Å². The zero-order valence-corrected chi connectivity index (χ0v) is 14.9. The van der Waals surface area contributed by atoms with Gasteiger partial charge in [0.25, 0.3) is 0 Å². The normalized spacial score (nSPS) is 17.5.